The summed E-state index contributed by atoms with van der Waals surface area (Å²) >= 11 is 3.55. The van der Waals surface area contributed by atoms with Gasteiger partial charge in [0.25, 0.3) is 0 Å². The smallest absolute Gasteiger partial charge is 0.237 e. The standard InChI is InChI=1S/C15H11BrN2O2/c16-15-12-4-2-1-3-10(12)5-6-13(15)20-14-8-17-11(9-19)7-18-14/h1-8,19H,9H2. The molecule has 100 valence electrons. The van der Waals surface area contributed by atoms with E-state index in [2.05, 4.69) is 25.9 Å². The monoisotopic (exact) mass is 330 g/mol. The zero-order valence-corrected chi connectivity index (χ0v) is 12.0. The lowest BCUT2D eigenvalue weighted by molar-refractivity contribution is 0.276. The van der Waals surface area contributed by atoms with Gasteiger partial charge in [0.05, 0.1) is 29.2 Å². The predicted octanol–water partition coefficient (Wildman–Crippen LogP) is 3.68. The van der Waals surface area contributed by atoms with Gasteiger partial charge in [-0.2, -0.15) is 0 Å². The maximum atomic E-state index is 8.93. The van der Waals surface area contributed by atoms with Gasteiger partial charge in [0, 0.05) is 0 Å². The molecular formula is C15H11BrN2O2. The number of aromatic nitrogens is 2. The Morgan fingerprint density at radius 3 is 2.65 bits per heavy atom. The molecule has 4 nitrogen and oxygen atoms in total. The van der Waals surface area contributed by atoms with E-state index in [0.29, 0.717) is 17.3 Å². The van der Waals surface area contributed by atoms with E-state index >= 15 is 0 Å². The maximum Gasteiger partial charge on any atom is 0.237 e. The van der Waals surface area contributed by atoms with Crippen molar-refractivity contribution in [3.8, 4) is 11.6 Å². The second-order valence-corrected chi connectivity index (χ2v) is 5.00. The van der Waals surface area contributed by atoms with Crippen molar-refractivity contribution in [2.45, 2.75) is 6.61 Å². The molecule has 0 fully saturated rings. The molecule has 0 amide bonds. The molecule has 1 N–H and O–H groups in total. The summed E-state index contributed by atoms with van der Waals surface area (Å²) in [4.78, 5) is 8.13. The molecule has 3 rings (SSSR count). The Kier molecular flexibility index (Phi) is 3.62. The van der Waals surface area contributed by atoms with Gasteiger partial charge in [-0.25, -0.2) is 4.98 Å². The second kappa shape index (κ2) is 5.56. The number of ether oxygens (including phenoxy) is 1. The first kappa shape index (κ1) is 13.0. The molecule has 0 aliphatic heterocycles. The van der Waals surface area contributed by atoms with Gasteiger partial charge in [0.15, 0.2) is 0 Å². The third-order valence-corrected chi connectivity index (χ3v) is 3.70. The van der Waals surface area contributed by atoms with Crippen molar-refractivity contribution in [3.63, 3.8) is 0 Å². The number of fused-ring (bicyclic) bond motifs is 1. The number of rotatable bonds is 3. The number of hydrogen-bond acceptors (Lipinski definition) is 4. The highest BCUT2D eigenvalue weighted by Gasteiger charge is 2.08. The summed E-state index contributed by atoms with van der Waals surface area (Å²) in [5, 5.41) is 11.1. The van der Waals surface area contributed by atoms with E-state index in [1.54, 1.807) is 0 Å². The lowest BCUT2D eigenvalue weighted by Crippen LogP contribution is -1.94. The van der Waals surface area contributed by atoms with Crippen LogP contribution in [0.25, 0.3) is 10.8 Å². The van der Waals surface area contributed by atoms with Gasteiger partial charge in [0.2, 0.25) is 5.88 Å². The molecule has 0 saturated heterocycles. The number of aliphatic hydroxyl groups is 1. The van der Waals surface area contributed by atoms with Gasteiger partial charge in [-0.3, -0.25) is 4.98 Å². The van der Waals surface area contributed by atoms with Crippen molar-refractivity contribution >= 4 is 26.7 Å². The number of halogens is 1. The van der Waals surface area contributed by atoms with Crippen LogP contribution in [-0.4, -0.2) is 15.1 Å². The molecule has 0 bridgehead atoms. The minimum atomic E-state index is -0.132. The summed E-state index contributed by atoms with van der Waals surface area (Å²) in [6.45, 7) is -0.132. The Morgan fingerprint density at radius 2 is 1.90 bits per heavy atom. The van der Waals surface area contributed by atoms with Crippen LogP contribution in [0.3, 0.4) is 0 Å². The Bertz CT molecular complexity index is 744. The van der Waals surface area contributed by atoms with Crippen molar-refractivity contribution in [2.24, 2.45) is 0 Å². The molecule has 0 atom stereocenters. The van der Waals surface area contributed by atoms with Crippen LogP contribution in [0.5, 0.6) is 11.6 Å². The molecule has 2 aromatic carbocycles. The molecular weight excluding hydrogens is 320 g/mol. The van der Waals surface area contributed by atoms with E-state index in [4.69, 9.17) is 9.84 Å². The van der Waals surface area contributed by atoms with Crippen molar-refractivity contribution in [1.29, 1.82) is 0 Å². The highest BCUT2D eigenvalue weighted by atomic mass is 79.9. The van der Waals surface area contributed by atoms with Gasteiger partial charge in [0.1, 0.15) is 5.75 Å². The predicted molar refractivity (Wildman–Crippen MR) is 79.7 cm³/mol. The van der Waals surface area contributed by atoms with E-state index in [0.717, 1.165) is 15.2 Å². The van der Waals surface area contributed by atoms with Crippen molar-refractivity contribution in [2.75, 3.05) is 0 Å². The molecule has 1 heterocycles. The van der Waals surface area contributed by atoms with Crippen LogP contribution in [0.1, 0.15) is 5.69 Å². The number of hydrogen-bond donors (Lipinski definition) is 1. The van der Waals surface area contributed by atoms with Crippen LogP contribution in [0.2, 0.25) is 0 Å². The average molecular weight is 331 g/mol. The van der Waals surface area contributed by atoms with Crippen molar-refractivity contribution in [1.82, 2.24) is 9.97 Å². The van der Waals surface area contributed by atoms with Gasteiger partial charge in [-0.15, -0.1) is 0 Å². The highest BCUT2D eigenvalue weighted by Crippen LogP contribution is 2.35. The Hall–Kier alpha value is -1.98. The van der Waals surface area contributed by atoms with Crippen LogP contribution in [0.15, 0.2) is 53.3 Å². The first-order valence-electron chi connectivity index (χ1n) is 6.05. The maximum absolute atomic E-state index is 8.93. The quantitative estimate of drug-likeness (QED) is 0.795. The second-order valence-electron chi connectivity index (χ2n) is 4.20. The Balaban J connectivity index is 1.95. The molecule has 0 spiro atoms. The minimum absolute atomic E-state index is 0.132. The first-order valence-corrected chi connectivity index (χ1v) is 6.84. The van der Waals surface area contributed by atoms with E-state index in [1.165, 1.54) is 12.4 Å². The summed E-state index contributed by atoms with van der Waals surface area (Å²) in [5.41, 5.74) is 0.509. The average Bonchev–Trinajstić information content (AvgIpc) is 2.51. The molecule has 0 aliphatic rings. The minimum Gasteiger partial charge on any atom is -0.436 e. The summed E-state index contributed by atoms with van der Waals surface area (Å²) < 4.78 is 6.59. The topological polar surface area (TPSA) is 55.2 Å². The van der Waals surface area contributed by atoms with Gasteiger partial charge < -0.3 is 9.84 Å². The molecule has 5 heteroatoms. The largest absolute Gasteiger partial charge is 0.436 e. The molecule has 0 unspecified atom stereocenters. The van der Waals surface area contributed by atoms with Crippen LogP contribution >= 0.6 is 15.9 Å². The normalized spacial score (nSPS) is 10.7. The molecule has 0 aliphatic carbocycles. The summed E-state index contributed by atoms with van der Waals surface area (Å²) in [7, 11) is 0. The number of aliphatic hydroxyl groups excluding tert-OH is 1. The van der Waals surface area contributed by atoms with Crippen LogP contribution < -0.4 is 4.74 Å². The van der Waals surface area contributed by atoms with Gasteiger partial charge in [-0.05, 0) is 32.8 Å². The fourth-order valence-corrected chi connectivity index (χ4v) is 2.46. The number of benzene rings is 2. The first-order chi connectivity index (χ1) is 9.78. The lowest BCUT2D eigenvalue weighted by Gasteiger charge is -2.09. The SMILES string of the molecule is OCc1cnc(Oc2ccc3ccccc3c2Br)cn1. The Labute approximate surface area is 124 Å². The zero-order chi connectivity index (χ0) is 13.9. The van der Waals surface area contributed by atoms with Crippen LogP contribution in [-0.2, 0) is 6.61 Å². The molecule has 20 heavy (non-hydrogen) atoms. The highest BCUT2D eigenvalue weighted by molar-refractivity contribution is 9.10. The lowest BCUT2D eigenvalue weighted by atomic mass is 10.1. The molecule has 1 aromatic heterocycles. The fraction of sp³-hybridized carbons (Fsp3) is 0.0667. The molecule has 0 saturated carbocycles. The van der Waals surface area contributed by atoms with Crippen LogP contribution in [0.4, 0.5) is 0 Å². The van der Waals surface area contributed by atoms with E-state index in [-0.39, 0.29) is 6.61 Å². The van der Waals surface area contributed by atoms with E-state index in [1.807, 2.05) is 36.4 Å². The summed E-state index contributed by atoms with van der Waals surface area (Å²) in [6, 6.07) is 11.9. The Morgan fingerprint density at radius 1 is 1.05 bits per heavy atom. The van der Waals surface area contributed by atoms with Gasteiger partial charge >= 0.3 is 0 Å². The van der Waals surface area contributed by atoms with Crippen molar-refractivity contribution in [3.05, 3.63) is 59.0 Å². The zero-order valence-electron chi connectivity index (χ0n) is 10.5. The molecule has 0 radical (unpaired) electrons. The van der Waals surface area contributed by atoms with Crippen molar-refractivity contribution < 1.29 is 9.84 Å². The van der Waals surface area contributed by atoms with E-state index in [9.17, 15) is 0 Å². The van der Waals surface area contributed by atoms with E-state index < -0.39 is 0 Å². The summed E-state index contributed by atoms with van der Waals surface area (Å²) in [6.07, 6.45) is 2.98. The molecule has 3 aromatic rings. The third kappa shape index (κ3) is 2.50. The third-order valence-electron chi connectivity index (χ3n) is 2.89. The summed E-state index contributed by atoms with van der Waals surface area (Å²) in [5.74, 6) is 1.06. The fourth-order valence-electron chi connectivity index (χ4n) is 1.88. The van der Waals surface area contributed by atoms with Gasteiger partial charge in [-0.1, -0.05) is 30.3 Å². The van der Waals surface area contributed by atoms with Crippen LogP contribution in [0, 0.1) is 0 Å². The number of nitrogens with zero attached hydrogens (tertiary/aromatic N) is 2.